The van der Waals surface area contributed by atoms with Crippen LogP contribution in [0.15, 0.2) is 10.6 Å². The van der Waals surface area contributed by atoms with Gasteiger partial charge >= 0.3 is 0 Å². The molecule has 0 bridgehead atoms. The fourth-order valence-corrected chi connectivity index (χ4v) is 3.56. The van der Waals surface area contributed by atoms with Crippen molar-refractivity contribution in [3.63, 3.8) is 0 Å². The average molecular weight is 306 g/mol. The molecule has 1 aromatic rings. The fraction of sp³-hybridized carbons (Fsp3) is 0.750. The lowest BCUT2D eigenvalue weighted by atomic mass is 9.85. The van der Waals surface area contributed by atoms with E-state index < -0.39 is 0 Å². The van der Waals surface area contributed by atoms with Crippen LogP contribution in [0, 0.1) is 12.8 Å². The van der Waals surface area contributed by atoms with Gasteiger partial charge in [-0.25, -0.2) is 0 Å². The van der Waals surface area contributed by atoms with Crippen LogP contribution in [0.2, 0.25) is 0 Å². The first-order chi connectivity index (χ1) is 10.6. The number of rotatable bonds is 3. The molecule has 1 aliphatic carbocycles. The van der Waals surface area contributed by atoms with Crippen LogP contribution in [-0.4, -0.2) is 53.1 Å². The molecule has 2 aliphatic rings. The highest BCUT2D eigenvalue weighted by Gasteiger charge is 2.30. The minimum absolute atomic E-state index is 0.147. The molecule has 1 aliphatic heterocycles. The third-order valence-corrected chi connectivity index (χ3v) is 4.81. The second kappa shape index (κ2) is 6.79. The maximum Gasteiger partial charge on any atom is 0.225 e. The Hall–Kier alpha value is -1.40. The molecule has 6 heteroatoms. The first-order valence-electron chi connectivity index (χ1n) is 8.31. The van der Waals surface area contributed by atoms with Gasteiger partial charge in [0.1, 0.15) is 5.76 Å². The van der Waals surface area contributed by atoms with Crippen LogP contribution in [0.25, 0.3) is 0 Å². The number of nitrogens with two attached hydrogens (primary N) is 1. The second-order valence-corrected chi connectivity index (χ2v) is 6.65. The van der Waals surface area contributed by atoms with Gasteiger partial charge in [-0.1, -0.05) is 11.6 Å². The smallest absolute Gasteiger partial charge is 0.225 e. The van der Waals surface area contributed by atoms with Crippen molar-refractivity contribution < 1.29 is 9.32 Å². The monoisotopic (exact) mass is 306 g/mol. The maximum atomic E-state index is 12.6. The van der Waals surface area contributed by atoms with Crippen LogP contribution < -0.4 is 5.73 Å². The molecular formula is C16H26N4O2. The number of carbonyl (C=O) groups excluding carboxylic acids is 1. The van der Waals surface area contributed by atoms with Crippen LogP contribution in [0.4, 0.5) is 0 Å². The predicted molar refractivity (Wildman–Crippen MR) is 83.0 cm³/mol. The van der Waals surface area contributed by atoms with Gasteiger partial charge in [0, 0.05) is 50.7 Å². The standard InChI is InChI=1S/C16H26N4O2/c1-12-9-15(18-22-12)11-19-5-7-20(8-6-19)16(21)13-3-2-4-14(17)10-13/h9,13-14H,2-8,10-11,17H2,1H3/t13-,14-/m1/s1. The Kier molecular flexibility index (Phi) is 4.78. The number of carbonyl (C=O) groups is 1. The van der Waals surface area contributed by atoms with Gasteiger partial charge < -0.3 is 15.2 Å². The Morgan fingerprint density at radius 3 is 2.77 bits per heavy atom. The molecule has 0 radical (unpaired) electrons. The Morgan fingerprint density at radius 1 is 1.36 bits per heavy atom. The minimum atomic E-state index is 0.147. The zero-order valence-corrected chi connectivity index (χ0v) is 13.3. The van der Waals surface area contributed by atoms with E-state index in [2.05, 4.69) is 10.1 Å². The summed E-state index contributed by atoms with van der Waals surface area (Å²) < 4.78 is 5.10. The molecule has 0 spiro atoms. The molecule has 22 heavy (non-hydrogen) atoms. The summed E-state index contributed by atoms with van der Waals surface area (Å²) in [6.45, 7) is 6.12. The van der Waals surface area contributed by atoms with E-state index in [1.807, 2.05) is 17.9 Å². The van der Waals surface area contributed by atoms with E-state index in [9.17, 15) is 4.79 Å². The summed E-state index contributed by atoms with van der Waals surface area (Å²) in [6.07, 6.45) is 4.01. The van der Waals surface area contributed by atoms with Gasteiger partial charge in [-0.05, 0) is 26.2 Å². The van der Waals surface area contributed by atoms with Gasteiger partial charge in [0.05, 0.1) is 5.69 Å². The molecule has 0 aromatic carbocycles. The average Bonchev–Trinajstić information content (AvgIpc) is 2.92. The van der Waals surface area contributed by atoms with E-state index in [1.54, 1.807) is 0 Å². The Labute approximate surface area is 131 Å². The van der Waals surface area contributed by atoms with Crippen LogP contribution in [0.3, 0.4) is 0 Å². The maximum absolute atomic E-state index is 12.6. The third-order valence-electron chi connectivity index (χ3n) is 4.81. The summed E-state index contributed by atoms with van der Waals surface area (Å²) in [4.78, 5) is 16.9. The highest BCUT2D eigenvalue weighted by molar-refractivity contribution is 5.79. The molecule has 2 N–H and O–H groups in total. The molecule has 1 saturated heterocycles. The molecule has 6 nitrogen and oxygen atoms in total. The lowest BCUT2D eigenvalue weighted by Gasteiger charge is -2.37. The Morgan fingerprint density at radius 2 is 2.14 bits per heavy atom. The van der Waals surface area contributed by atoms with Crippen LogP contribution in [0.1, 0.15) is 37.1 Å². The van der Waals surface area contributed by atoms with Crippen LogP contribution in [-0.2, 0) is 11.3 Å². The van der Waals surface area contributed by atoms with E-state index in [4.69, 9.17) is 10.3 Å². The quantitative estimate of drug-likeness (QED) is 0.906. The molecular weight excluding hydrogens is 280 g/mol. The molecule has 0 unspecified atom stereocenters. The Balaban J connectivity index is 1.47. The fourth-order valence-electron chi connectivity index (χ4n) is 3.56. The molecule has 1 amide bonds. The van der Waals surface area contributed by atoms with Gasteiger partial charge in [-0.2, -0.15) is 0 Å². The van der Waals surface area contributed by atoms with Crippen molar-refractivity contribution in [3.8, 4) is 0 Å². The molecule has 1 aromatic heterocycles. The van der Waals surface area contributed by atoms with Crippen molar-refractivity contribution >= 4 is 5.91 Å². The summed E-state index contributed by atoms with van der Waals surface area (Å²) in [5, 5.41) is 4.03. The van der Waals surface area contributed by atoms with Gasteiger partial charge in [0.15, 0.2) is 0 Å². The zero-order valence-electron chi connectivity index (χ0n) is 13.3. The normalized spacial score (nSPS) is 27.1. The van der Waals surface area contributed by atoms with E-state index in [0.717, 1.165) is 69.9 Å². The third kappa shape index (κ3) is 3.67. The highest BCUT2D eigenvalue weighted by Crippen LogP contribution is 2.25. The molecule has 1 saturated carbocycles. The van der Waals surface area contributed by atoms with Crippen molar-refractivity contribution in [2.24, 2.45) is 11.7 Å². The van der Waals surface area contributed by atoms with E-state index in [1.165, 1.54) is 0 Å². The van der Waals surface area contributed by atoms with Gasteiger partial charge in [0.25, 0.3) is 0 Å². The second-order valence-electron chi connectivity index (χ2n) is 6.65. The van der Waals surface area contributed by atoms with Gasteiger partial charge in [-0.15, -0.1) is 0 Å². The van der Waals surface area contributed by atoms with E-state index in [-0.39, 0.29) is 12.0 Å². The number of nitrogens with zero attached hydrogens (tertiary/aromatic N) is 3. The van der Waals surface area contributed by atoms with Crippen LogP contribution in [0.5, 0.6) is 0 Å². The number of aryl methyl sites for hydroxylation is 1. The highest BCUT2D eigenvalue weighted by atomic mass is 16.5. The van der Waals surface area contributed by atoms with E-state index in [0.29, 0.717) is 5.91 Å². The Bertz CT molecular complexity index is 508. The summed E-state index contributed by atoms with van der Waals surface area (Å²) in [7, 11) is 0. The van der Waals surface area contributed by atoms with Crippen molar-refractivity contribution in [1.29, 1.82) is 0 Å². The molecule has 2 heterocycles. The molecule has 122 valence electrons. The number of hydrogen-bond donors (Lipinski definition) is 1. The molecule has 2 fully saturated rings. The van der Waals surface area contributed by atoms with Gasteiger partial charge in [0.2, 0.25) is 5.91 Å². The van der Waals surface area contributed by atoms with Crippen molar-refractivity contribution in [3.05, 3.63) is 17.5 Å². The van der Waals surface area contributed by atoms with Crippen LogP contribution >= 0.6 is 0 Å². The van der Waals surface area contributed by atoms with Crippen molar-refractivity contribution in [1.82, 2.24) is 15.0 Å². The first-order valence-corrected chi connectivity index (χ1v) is 8.31. The number of piperazine rings is 1. The lowest BCUT2D eigenvalue weighted by molar-refractivity contribution is -0.138. The molecule has 2 atom stereocenters. The number of aromatic nitrogens is 1. The van der Waals surface area contributed by atoms with E-state index >= 15 is 0 Å². The summed E-state index contributed by atoms with van der Waals surface area (Å²) in [5.74, 6) is 1.30. The summed E-state index contributed by atoms with van der Waals surface area (Å²) in [5.41, 5.74) is 6.98. The lowest BCUT2D eigenvalue weighted by Crippen LogP contribution is -2.51. The minimum Gasteiger partial charge on any atom is -0.361 e. The summed E-state index contributed by atoms with van der Waals surface area (Å²) in [6, 6.07) is 2.18. The zero-order chi connectivity index (χ0) is 15.5. The first kappa shape index (κ1) is 15.5. The predicted octanol–water partition coefficient (Wildman–Crippen LogP) is 1.14. The number of amides is 1. The SMILES string of the molecule is Cc1cc(CN2CCN(C(=O)[C@@H]3CCC[C@@H](N)C3)CC2)no1. The number of hydrogen-bond acceptors (Lipinski definition) is 5. The summed E-state index contributed by atoms with van der Waals surface area (Å²) >= 11 is 0. The van der Waals surface area contributed by atoms with Crippen molar-refractivity contribution in [2.75, 3.05) is 26.2 Å². The van der Waals surface area contributed by atoms with Crippen molar-refractivity contribution in [2.45, 2.75) is 45.2 Å². The largest absolute Gasteiger partial charge is 0.361 e. The van der Waals surface area contributed by atoms with Gasteiger partial charge in [-0.3, -0.25) is 9.69 Å². The molecule has 3 rings (SSSR count). The topological polar surface area (TPSA) is 75.6 Å².